The first kappa shape index (κ1) is 31.0. The lowest BCUT2D eigenvalue weighted by Gasteiger charge is -2.28. The maximum Gasteiger partial charge on any atom is 0.410 e. The Morgan fingerprint density at radius 2 is 1.43 bits per heavy atom. The molecule has 2 saturated heterocycles. The molecular formula is C33H42N6O5. The van der Waals surface area contributed by atoms with Crippen molar-refractivity contribution in [1.82, 2.24) is 24.8 Å². The van der Waals surface area contributed by atoms with Gasteiger partial charge in [0.2, 0.25) is 5.91 Å². The summed E-state index contributed by atoms with van der Waals surface area (Å²) in [6.07, 6.45) is 5.89. The van der Waals surface area contributed by atoms with Crippen LogP contribution in [0, 0.1) is 0 Å². The van der Waals surface area contributed by atoms with Crippen LogP contribution in [-0.2, 0) is 14.3 Å². The molecule has 11 heteroatoms. The Kier molecular flexibility index (Phi) is 8.67. The van der Waals surface area contributed by atoms with E-state index in [1.807, 2.05) is 84.1 Å². The number of pyridine rings is 1. The average Bonchev–Trinajstić information content (AvgIpc) is 3.72. The molecule has 5 rings (SSSR count). The number of carbonyl (C=O) groups is 3. The van der Waals surface area contributed by atoms with Crippen molar-refractivity contribution in [1.29, 1.82) is 0 Å². The van der Waals surface area contributed by atoms with E-state index >= 15 is 0 Å². The van der Waals surface area contributed by atoms with Crippen LogP contribution in [0.3, 0.4) is 0 Å². The van der Waals surface area contributed by atoms with Crippen molar-refractivity contribution in [2.75, 3.05) is 18.4 Å². The van der Waals surface area contributed by atoms with Crippen molar-refractivity contribution >= 4 is 23.8 Å². The van der Waals surface area contributed by atoms with Crippen LogP contribution >= 0.6 is 0 Å². The van der Waals surface area contributed by atoms with Gasteiger partial charge in [-0.2, -0.15) is 0 Å². The number of nitrogens with one attached hydrogen (secondary N) is 2. The van der Waals surface area contributed by atoms with Crippen molar-refractivity contribution < 1.29 is 23.9 Å². The topological polar surface area (TPSA) is 130 Å². The lowest BCUT2D eigenvalue weighted by molar-refractivity contribution is -0.120. The summed E-state index contributed by atoms with van der Waals surface area (Å²) in [5.74, 6) is 0.505. The van der Waals surface area contributed by atoms with E-state index in [0.717, 1.165) is 47.6 Å². The van der Waals surface area contributed by atoms with E-state index < -0.39 is 23.3 Å². The summed E-state index contributed by atoms with van der Waals surface area (Å²) < 4.78 is 11.1. The Labute approximate surface area is 258 Å². The molecule has 0 saturated carbocycles. The smallest absolute Gasteiger partial charge is 0.410 e. The minimum absolute atomic E-state index is 0.154. The normalized spacial score (nSPS) is 18.8. The minimum Gasteiger partial charge on any atom is -0.444 e. The maximum absolute atomic E-state index is 13.0. The highest BCUT2D eigenvalue weighted by atomic mass is 16.6. The van der Waals surface area contributed by atoms with Crippen LogP contribution in [0.4, 0.5) is 15.3 Å². The second kappa shape index (κ2) is 12.3. The summed E-state index contributed by atoms with van der Waals surface area (Å²) in [5.41, 5.74) is 2.75. The third kappa shape index (κ3) is 7.38. The minimum atomic E-state index is -0.621. The van der Waals surface area contributed by atoms with Crippen LogP contribution in [0.15, 0.2) is 48.8 Å². The molecule has 3 amide bonds. The van der Waals surface area contributed by atoms with Crippen LogP contribution in [0.2, 0.25) is 0 Å². The fourth-order valence-electron chi connectivity index (χ4n) is 5.49. The van der Waals surface area contributed by atoms with Gasteiger partial charge in [-0.15, -0.1) is 0 Å². The maximum atomic E-state index is 13.0. The zero-order valence-corrected chi connectivity index (χ0v) is 26.3. The number of anilines is 1. The van der Waals surface area contributed by atoms with Gasteiger partial charge >= 0.3 is 12.2 Å². The van der Waals surface area contributed by atoms with Crippen molar-refractivity contribution in [3.63, 3.8) is 0 Å². The molecule has 2 aromatic heterocycles. The van der Waals surface area contributed by atoms with Gasteiger partial charge in [0.25, 0.3) is 0 Å². The number of nitrogens with zero attached hydrogens (tertiary/aromatic N) is 4. The lowest BCUT2D eigenvalue weighted by Crippen LogP contribution is -2.45. The van der Waals surface area contributed by atoms with E-state index in [1.165, 1.54) is 4.90 Å². The Hall–Kier alpha value is -4.41. The van der Waals surface area contributed by atoms with Crippen LogP contribution in [-0.4, -0.2) is 73.2 Å². The molecule has 44 heavy (non-hydrogen) atoms. The second-order valence-electron chi connectivity index (χ2n) is 13.3. The van der Waals surface area contributed by atoms with Gasteiger partial charge < -0.3 is 19.8 Å². The standard InChI is InChI=1S/C33H42N6O5/c1-32(2,3)43-30(41)38-17-7-9-26(38)28-35-20-25(37-28)22-13-16-24(34-19-22)21-11-14-23(15-12-21)36-29(40)27-10-8-18-39(27)31(42)44-33(4,5)6/h11-16,19-20,26-27H,7-10,17-18H2,1-6H3,(H,35,37)(H,36,40)/t26-,27-/m0/s1. The number of hydrogen-bond acceptors (Lipinski definition) is 7. The number of benzene rings is 1. The van der Waals surface area contributed by atoms with Gasteiger partial charge in [0.15, 0.2) is 0 Å². The molecule has 0 unspecified atom stereocenters. The molecule has 11 nitrogen and oxygen atoms in total. The predicted molar refractivity (Wildman–Crippen MR) is 167 cm³/mol. The molecule has 0 bridgehead atoms. The molecule has 4 heterocycles. The van der Waals surface area contributed by atoms with Crippen LogP contribution in [0.25, 0.3) is 22.5 Å². The Bertz CT molecular complexity index is 1490. The van der Waals surface area contributed by atoms with Gasteiger partial charge in [0, 0.05) is 42.3 Å². The monoisotopic (exact) mass is 602 g/mol. The van der Waals surface area contributed by atoms with Gasteiger partial charge in [-0.05, 0) is 91.5 Å². The van der Waals surface area contributed by atoms with Gasteiger partial charge in [-0.3, -0.25) is 19.6 Å². The molecule has 2 aliphatic heterocycles. The summed E-state index contributed by atoms with van der Waals surface area (Å²) in [6, 6.07) is 10.6. The van der Waals surface area contributed by atoms with Crippen LogP contribution < -0.4 is 5.32 Å². The Morgan fingerprint density at radius 1 is 0.818 bits per heavy atom. The first-order chi connectivity index (χ1) is 20.8. The summed E-state index contributed by atoms with van der Waals surface area (Å²) in [7, 11) is 0. The lowest BCUT2D eigenvalue weighted by atomic mass is 10.1. The zero-order valence-electron chi connectivity index (χ0n) is 26.3. The average molecular weight is 603 g/mol. The van der Waals surface area contributed by atoms with Gasteiger partial charge in [-0.1, -0.05) is 12.1 Å². The largest absolute Gasteiger partial charge is 0.444 e. The predicted octanol–water partition coefficient (Wildman–Crippen LogP) is 6.55. The first-order valence-electron chi connectivity index (χ1n) is 15.2. The number of ether oxygens (including phenoxy) is 2. The third-order valence-electron chi connectivity index (χ3n) is 7.49. The Morgan fingerprint density at radius 3 is 2.07 bits per heavy atom. The van der Waals surface area contributed by atoms with Crippen molar-refractivity contribution in [2.45, 2.75) is 90.5 Å². The molecule has 1 aromatic carbocycles. The molecule has 0 radical (unpaired) electrons. The summed E-state index contributed by atoms with van der Waals surface area (Å²) in [4.78, 5) is 54.2. The number of aromatic amines is 1. The molecular weight excluding hydrogens is 560 g/mol. The van der Waals surface area contributed by atoms with E-state index in [9.17, 15) is 14.4 Å². The summed E-state index contributed by atoms with van der Waals surface area (Å²) in [6.45, 7) is 12.2. The molecule has 2 atom stereocenters. The first-order valence-corrected chi connectivity index (χ1v) is 15.2. The van der Waals surface area contributed by atoms with E-state index in [2.05, 4.69) is 15.3 Å². The van der Waals surface area contributed by atoms with Crippen molar-refractivity contribution in [3.05, 3.63) is 54.6 Å². The van der Waals surface area contributed by atoms with Crippen molar-refractivity contribution in [2.24, 2.45) is 0 Å². The zero-order chi connectivity index (χ0) is 31.6. The molecule has 3 aromatic rings. The Balaban J connectivity index is 1.20. The van der Waals surface area contributed by atoms with E-state index in [0.29, 0.717) is 25.2 Å². The van der Waals surface area contributed by atoms with Gasteiger partial charge in [0.1, 0.15) is 23.1 Å². The number of amides is 3. The number of imidazole rings is 1. The highest BCUT2D eigenvalue weighted by Crippen LogP contribution is 2.33. The van der Waals surface area contributed by atoms with Crippen molar-refractivity contribution in [3.8, 4) is 22.5 Å². The van der Waals surface area contributed by atoms with Crippen LogP contribution in [0.1, 0.15) is 79.1 Å². The number of aromatic nitrogens is 3. The van der Waals surface area contributed by atoms with Gasteiger partial charge in [0.05, 0.1) is 17.4 Å². The van der Waals surface area contributed by atoms with E-state index in [-0.39, 0.29) is 18.0 Å². The fraction of sp³-hybridized carbons (Fsp3) is 0.485. The molecule has 0 spiro atoms. The third-order valence-corrected chi connectivity index (χ3v) is 7.49. The molecule has 0 aliphatic carbocycles. The molecule has 2 aliphatic rings. The highest BCUT2D eigenvalue weighted by Gasteiger charge is 2.37. The van der Waals surface area contributed by atoms with E-state index in [1.54, 1.807) is 11.1 Å². The second-order valence-corrected chi connectivity index (χ2v) is 13.3. The number of rotatable bonds is 5. The van der Waals surface area contributed by atoms with Crippen LogP contribution in [0.5, 0.6) is 0 Å². The quantitative estimate of drug-likeness (QED) is 0.339. The number of H-pyrrole nitrogens is 1. The molecule has 234 valence electrons. The summed E-state index contributed by atoms with van der Waals surface area (Å²) in [5, 5.41) is 2.93. The molecule has 2 fully saturated rings. The number of hydrogen-bond donors (Lipinski definition) is 2. The molecule has 2 N–H and O–H groups in total. The summed E-state index contributed by atoms with van der Waals surface area (Å²) >= 11 is 0. The SMILES string of the molecule is CC(C)(C)OC(=O)N1CCC[C@H]1C(=O)Nc1ccc(-c2ccc(-c3c[nH]c([C@@H]4CCCN4C(=O)OC(C)(C)C)n3)cn2)cc1. The number of likely N-dealkylation sites (tertiary alicyclic amines) is 2. The van der Waals surface area contributed by atoms with Gasteiger partial charge in [-0.25, -0.2) is 14.6 Å². The fourth-order valence-corrected chi connectivity index (χ4v) is 5.49. The van der Waals surface area contributed by atoms with E-state index in [4.69, 9.17) is 14.5 Å². The number of carbonyl (C=O) groups excluding carboxylic acids is 3. The highest BCUT2D eigenvalue weighted by molar-refractivity contribution is 5.97.